The molecular formula is C19H20N2O4. The van der Waals surface area contributed by atoms with Crippen LogP contribution in [0.25, 0.3) is 21.8 Å². The summed E-state index contributed by atoms with van der Waals surface area (Å²) in [6.07, 6.45) is 0.0736. The number of aromatic nitrogens is 1. The predicted octanol–water partition coefficient (Wildman–Crippen LogP) is 2.53. The zero-order chi connectivity index (χ0) is 17.8. The highest BCUT2D eigenvalue weighted by molar-refractivity contribution is 6.07. The molecule has 0 aliphatic carbocycles. The van der Waals surface area contributed by atoms with Crippen LogP contribution in [-0.2, 0) is 20.9 Å². The fraction of sp³-hybridized carbons (Fsp3) is 0.263. The van der Waals surface area contributed by atoms with E-state index in [0.29, 0.717) is 6.54 Å². The smallest absolute Gasteiger partial charge is 0.320 e. The van der Waals surface area contributed by atoms with Crippen LogP contribution in [0.3, 0.4) is 0 Å². The minimum absolute atomic E-state index is 0.000636. The summed E-state index contributed by atoms with van der Waals surface area (Å²) in [5, 5.41) is 11.0. The molecule has 1 heterocycles. The molecule has 0 radical (unpaired) electrons. The van der Waals surface area contributed by atoms with Gasteiger partial charge in [0.15, 0.2) is 0 Å². The standard InChI is InChI=1S/C19H20N2O4/c20-15(19(23)24)9-10-18(22)25-12-11-21-16-7-3-1-5-13(16)14-6-2-4-8-17(14)21/h1-8,15H,9-12,20H2,(H,23,24)/t15-/m0/s1. The lowest BCUT2D eigenvalue weighted by Gasteiger charge is -2.09. The van der Waals surface area contributed by atoms with Crippen molar-refractivity contribution in [2.24, 2.45) is 5.73 Å². The quantitative estimate of drug-likeness (QED) is 0.645. The molecule has 0 saturated carbocycles. The van der Waals surface area contributed by atoms with Gasteiger partial charge in [0, 0.05) is 28.2 Å². The number of carbonyl (C=O) groups excluding carboxylic acids is 1. The van der Waals surface area contributed by atoms with Crippen LogP contribution in [-0.4, -0.2) is 34.3 Å². The van der Waals surface area contributed by atoms with E-state index in [0.717, 1.165) is 21.8 Å². The first-order valence-corrected chi connectivity index (χ1v) is 8.18. The summed E-state index contributed by atoms with van der Waals surface area (Å²) in [5.74, 6) is -1.55. The number of para-hydroxylation sites is 2. The average Bonchev–Trinajstić information content (AvgIpc) is 2.94. The number of aliphatic carboxylic acids is 1. The molecule has 0 spiro atoms. The molecule has 0 aliphatic heterocycles. The summed E-state index contributed by atoms with van der Waals surface area (Å²) in [7, 11) is 0. The van der Waals surface area contributed by atoms with E-state index in [9.17, 15) is 9.59 Å². The topological polar surface area (TPSA) is 94.6 Å². The molecule has 3 N–H and O–H groups in total. The van der Waals surface area contributed by atoms with Crippen LogP contribution in [0, 0.1) is 0 Å². The van der Waals surface area contributed by atoms with E-state index in [-0.39, 0.29) is 19.4 Å². The zero-order valence-electron chi connectivity index (χ0n) is 13.7. The number of esters is 1. The molecule has 0 fully saturated rings. The Morgan fingerprint density at radius 1 is 1.04 bits per heavy atom. The Labute approximate surface area is 144 Å². The van der Waals surface area contributed by atoms with Gasteiger partial charge in [-0.05, 0) is 18.6 Å². The Morgan fingerprint density at radius 2 is 1.60 bits per heavy atom. The highest BCUT2D eigenvalue weighted by Crippen LogP contribution is 2.28. The van der Waals surface area contributed by atoms with Gasteiger partial charge >= 0.3 is 11.9 Å². The van der Waals surface area contributed by atoms with Gasteiger partial charge in [-0.3, -0.25) is 9.59 Å². The van der Waals surface area contributed by atoms with Crippen molar-refractivity contribution in [2.75, 3.05) is 6.61 Å². The Bertz CT molecular complexity index is 863. The summed E-state index contributed by atoms with van der Waals surface area (Å²) in [6, 6.07) is 15.2. The summed E-state index contributed by atoms with van der Waals surface area (Å²) < 4.78 is 7.36. The summed E-state index contributed by atoms with van der Waals surface area (Å²) in [5.41, 5.74) is 7.56. The third kappa shape index (κ3) is 3.64. The maximum Gasteiger partial charge on any atom is 0.320 e. The monoisotopic (exact) mass is 340 g/mol. The van der Waals surface area contributed by atoms with Gasteiger partial charge in [0.2, 0.25) is 0 Å². The highest BCUT2D eigenvalue weighted by Gasteiger charge is 2.14. The van der Waals surface area contributed by atoms with Gasteiger partial charge in [0.1, 0.15) is 12.6 Å². The van der Waals surface area contributed by atoms with Crippen LogP contribution in [0.2, 0.25) is 0 Å². The molecule has 130 valence electrons. The van der Waals surface area contributed by atoms with Crippen LogP contribution in [0.4, 0.5) is 0 Å². The molecule has 1 atom stereocenters. The normalized spacial score (nSPS) is 12.4. The van der Waals surface area contributed by atoms with Gasteiger partial charge in [0.25, 0.3) is 0 Å². The molecule has 3 rings (SSSR count). The summed E-state index contributed by atoms with van der Waals surface area (Å²) in [4.78, 5) is 22.4. The van der Waals surface area contributed by atoms with Gasteiger partial charge in [-0.2, -0.15) is 0 Å². The van der Waals surface area contributed by atoms with Crippen molar-refractivity contribution in [1.29, 1.82) is 0 Å². The molecule has 2 aromatic carbocycles. The second-order valence-electron chi connectivity index (χ2n) is 5.89. The van der Waals surface area contributed by atoms with Crippen LogP contribution in [0.5, 0.6) is 0 Å². The third-order valence-electron chi connectivity index (χ3n) is 4.23. The second kappa shape index (κ2) is 7.36. The van der Waals surface area contributed by atoms with E-state index in [1.54, 1.807) is 0 Å². The fourth-order valence-electron chi connectivity index (χ4n) is 2.96. The van der Waals surface area contributed by atoms with Gasteiger partial charge in [-0.25, -0.2) is 0 Å². The average molecular weight is 340 g/mol. The van der Waals surface area contributed by atoms with Crippen molar-refractivity contribution < 1.29 is 19.4 Å². The largest absolute Gasteiger partial charge is 0.480 e. The van der Waals surface area contributed by atoms with Crippen molar-refractivity contribution in [1.82, 2.24) is 4.57 Å². The van der Waals surface area contributed by atoms with Gasteiger partial charge in [0.05, 0.1) is 6.54 Å². The Kier molecular flexibility index (Phi) is 5.00. The molecule has 25 heavy (non-hydrogen) atoms. The molecule has 0 unspecified atom stereocenters. The molecular weight excluding hydrogens is 320 g/mol. The molecule has 3 aromatic rings. The van der Waals surface area contributed by atoms with E-state index < -0.39 is 18.0 Å². The number of nitrogens with zero attached hydrogens (tertiary/aromatic N) is 1. The number of rotatable bonds is 7. The molecule has 0 aliphatic rings. The minimum Gasteiger partial charge on any atom is -0.480 e. The van der Waals surface area contributed by atoms with Gasteiger partial charge in [-0.15, -0.1) is 0 Å². The van der Waals surface area contributed by atoms with Crippen LogP contribution < -0.4 is 5.73 Å². The maximum atomic E-state index is 11.7. The number of benzene rings is 2. The Hall–Kier alpha value is -2.86. The summed E-state index contributed by atoms with van der Waals surface area (Å²) in [6.45, 7) is 0.758. The lowest BCUT2D eigenvalue weighted by atomic mass is 10.2. The fourth-order valence-corrected chi connectivity index (χ4v) is 2.96. The lowest BCUT2D eigenvalue weighted by molar-refractivity contribution is -0.144. The Balaban J connectivity index is 1.67. The highest BCUT2D eigenvalue weighted by atomic mass is 16.5. The number of fused-ring (bicyclic) bond motifs is 3. The first-order valence-electron chi connectivity index (χ1n) is 8.18. The lowest BCUT2D eigenvalue weighted by Crippen LogP contribution is -2.30. The van der Waals surface area contributed by atoms with E-state index >= 15 is 0 Å². The number of ether oxygens (including phenoxy) is 1. The third-order valence-corrected chi connectivity index (χ3v) is 4.23. The number of nitrogens with two attached hydrogens (primary N) is 1. The van der Waals surface area contributed by atoms with Crippen LogP contribution in [0.15, 0.2) is 48.5 Å². The predicted molar refractivity (Wildman–Crippen MR) is 95.2 cm³/mol. The van der Waals surface area contributed by atoms with Crippen LogP contribution >= 0.6 is 0 Å². The Morgan fingerprint density at radius 3 is 2.16 bits per heavy atom. The van der Waals surface area contributed by atoms with E-state index in [2.05, 4.69) is 16.7 Å². The first kappa shape index (κ1) is 17.0. The maximum absolute atomic E-state index is 11.7. The minimum atomic E-state index is -1.11. The van der Waals surface area contributed by atoms with E-state index in [4.69, 9.17) is 15.6 Å². The van der Waals surface area contributed by atoms with Gasteiger partial charge < -0.3 is 20.1 Å². The van der Waals surface area contributed by atoms with Crippen molar-refractivity contribution in [3.05, 3.63) is 48.5 Å². The zero-order valence-corrected chi connectivity index (χ0v) is 13.7. The molecule has 0 amide bonds. The van der Waals surface area contributed by atoms with E-state index in [1.807, 2.05) is 36.4 Å². The van der Waals surface area contributed by atoms with Crippen LogP contribution in [0.1, 0.15) is 12.8 Å². The van der Waals surface area contributed by atoms with Crippen molar-refractivity contribution in [2.45, 2.75) is 25.4 Å². The first-order chi connectivity index (χ1) is 12.1. The number of hydrogen-bond donors (Lipinski definition) is 2. The molecule has 6 heteroatoms. The SMILES string of the molecule is N[C@@H](CCC(=O)OCCn1c2ccccc2c2ccccc21)C(=O)O. The molecule has 6 nitrogen and oxygen atoms in total. The number of carboxylic acids is 1. The molecule has 1 aromatic heterocycles. The molecule has 0 saturated heterocycles. The number of carbonyl (C=O) groups is 2. The number of hydrogen-bond acceptors (Lipinski definition) is 4. The van der Waals surface area contributed by atoms with Crippen molar-refractivity contribution >= 4 is 33.7 Å². The number of carboxylic acid groups (broad SMARTS) is 1. The summed E-state index contributed by atoms with van der Waals surface area (Å²) >= 11 is 0. The van der Waals surface area contributed by atoms with Crippen molar-refractivity contribution in [3.8, 4) is 0 Å². The van der Waals surface area contributed by atoms with Crippen molar-refractivity contribution in [3.63, 3.8) is 0 Å². The second-order valence-corrected chi connectivity index (χ2v) is 5.89. The molecule has 0 bridgehead atoms. The van der Waals surface area contributed by atoms with E-state index in [1.165, 1.54) is 0 Å². The van der Waals surface area contributed by atoms with Gasteiger partial charge in [-0.1, -0.05) is 36.4 Å².